The van der Waals surface area contributed by atoms with E-state index >= 15 is 0 Å². The molecule has 0 aromatic heterocycles. The summed E-state index contributed by atoms with van der Waals surface area (Å²) in [6.45, 7) is 7.97. The van der Waals surface area contributed by atoms with Gasteiger partial charge >= 0.3 is 5.97 Å². The number of carboxylic acid groups (broad SMARTS) is 1. The molecule has 0 spiro atoms. The normalized spacial score (nSPS) is 11.7. The smallest absolute Gasteiger partial charge is 0.303 e. The van der Waals surface area contributed by atoms with Crippen molar-refractivity contribution >= 4 is 5.97 Å². The SMILES string of the molecule is C/C(=C\Cc1c(O)cc(C)c(C)c1C)CCC(=O)O. The molecule has 3 nitrogen and oxygen atoms in total. The molecule has 1 rings (SSSR count). The second-order valence-corrected chi connectivity index (χ2v) is 5.09. The van der Waals surface area contributed by atoms with E-state index in [0.717, 1.165) is 22.3 Å². The molecule has 0 aliphatic rings. The fraction of sp³-hybridized carbons (Fsp3) is 0.438. The summed E-state index contributed by atoms with van der Waals surface area (Å²) in [4.78, 5) is 10.5. The van der Waals surface area contributed by atoms with E-state index in [-0.39, 0.29) is 6.42 Å². The van der Waals surface area contributed by atoms with Gasteiger partial charge in [0.1, 0.15) is 5.75 Å². The summed E-state index contributed by atoms with van der Waals surface area (Å²) in [6, 6.07) is 1.79. The van der Waals surface area contributed by atoms with E-state index in [2.05, 4.69) is 6.92 Å². The Balaban J connectivity index is 2.86. The van der Waals surface area contributed by atoms with Crippen LogP contribution in [0.1, 0.15) is 42.0 Å². The standard InChI is InChI=1S/C16H22O3/c1-10(6-8-16(18)19)5-7-14-13(4)12(3)11(2)9-15(14)17/h5,9,17H,6-8H2,1-4H3,(H,18,19)/b10-5+. The molecule has 0 fully saturated rings. The van der Waals surface area contributed by atoms with Crippen LogP contribution in [0.25, 0.3) is 0 Å². The molecule has 0 aliphatic carbocycles. The van der Waals surface area contributed by atoms with Crippen LogP contribution in [0.2, 0.25) is 0 Å². The van der Waals surface area contributed by atoms with Crippen molar-refractivity contribution in [1.82, 2.24) is 0 Å². The van der Waals surface area contributed by atoms with Crippen LogP contribution in [-0.2, 0) is 11.2 Å². The number of carboxylic acids is 1. The highest BCUT2D eigenvalue weighted by atomic mass is 16.4. The van der Waals surface area contributed by atoms with Crippen molar-refractivity contribution in [2.45, 2.75) is 47.0 Å². The van der Waals surface area contributed by atoms with Crippen molar-refractivity contribution in [3.05, 3.63) is 40.0 Å². The van der Waals surface area contributed by atoms with Gasteiger partial charge < -0.3 is 10.2 Å². The number of aryl methyl sites for hydroxylation is 1. The van der Waals surface area contributed by atoms with E-state index in [1.54, 1.807) is 6.07 Å². The van der Waals surface area contributed by atoms with Gasteiger partial charge in [0, 0.05) is 12.0 Å². The Morgan fingerprint density at radius 1 is 1.21 bits per heavy atom. The average Bonchev–Trinajstić information content (AvgIpc) is 2.33. The highest BCUT2D eigenvalue weighted by Crippen LogP contribution is 2.27. The lowest BCUT2D eigenvalue weighted by molar-refractivity contribution is -0.136. The van der Waals surface area contributed by atoms with E-state index in [4.69, 9.17) is 5.11 Å². The number of aliphatic carboxylic acids is 1. The van der Waals surface area contributed by atoms with Crippen LogP contribution in [0.3, 0.4) is 0 Å². The molecule has 0 aliphatic heterocycles. The minimum absolute atomic E-state index is 0.153. The first-order valence-electron chi connectivity index (χ1n) is 6.49. The second kappa shape index (κ2) is 6.41. The van der Waals surface area contributed by atoms with Gasteiger partial charge in [0.05, 0.1) is 0 Å². The lowest BCUT2D eigenvalue weighted by Gasteiger charge is -2.12. The van der Waals surface area contributed by atoms with Crippen LogP contribution in [0.15, 0.2) is 17.7 Å². The average molecular weight is 262 g/mol. The number of allylic oxidation sites excluding steroid dienone is 2. The molecular formula is C16H22O3. The lowest BCUT2D eigenvalue weighted by atomic mass is 9.95. The molecule has 0 heterocycles. The molecule has 3 heteroatoms. The molecule has 0 saturated heterocycles. The Bertz CT molecular complexity index is 513. The van der Waals surface area contributed by atoms with Crippen molar-refractivity contribution in [3.8, 4) is 5.75 Å². The number of hydrogen-bond acceptors (Lipinski definition) is 2. The number of aromatic hydroxyl groups is 1. The molecule has 2 N–H and O–H groups in total. The molecule has 1 aromatic rings. The monoisotopic (exact) mass is 262 g/mol. The number of hydrogen-bond donors (Lipinski definition) is 2. The minimum atomic E-state index is -0.780. The first-order valence-corrected chi connectivity index (χ1v) is 6.49. The Morgan fingerprint density at radius 3 is 2.42 bits per heavy atom. The highest BCUT2D eigenvalue weighted by Gasteiger charge is 2.09. The largest absolute Gasteiger partial charge is 0.508 e. The van der Waals surface area contributed by atoms with Gasteiger partial charge in [-0.15, -0.1) is 0 Å². The molecule has 1 aromatic carbocycles. The molecule has 0 amide bonds. The molecule has 0 saturated carbocycles. The van der Waals surface area contributed by atoms with Crippen molar-refractivity contribution in [2.75, 3.05) is 0 Å². The van der Waals surface area contributed by atoms with Gasteiger partial charge in [0.15, 0.2) is 0 Å². The fourth-order valence-corrected chi connectivity index (χ4v) is 2.05. The number of phenolic OH excluding ortho intramolecular Hbond substituents is 1. The minimum Gasteiger partial charge on any atom is -0.508 e. The third-order valence-electron chi connectivity index (χ3n) is 3.66. The molecule has 0 radical (unpaired) electrons. The zero-order chi connectivity index (χ0) is 14.6. The van der Waals surface area contributed by atoms with Gasteiger partial charge in [-0.05, 0) is 63.3 Å². The van der Waals surface area contributed by atoms with Gasteiger partial charge in [0.25, 0.3) is 0 Å². The quantitative estimate of drug-likeness (QED) is 0.796. The summed E-state index contributed by atoms with van der Waals surface area (Å²) in [5, 5.41) is 18.6. The van der Waals surface area contributed by atoms with Gasteiger partial charge in [-0.25, -0.2) is 0 Å². The molecular weight excluding hydrogens is 240 g/mol. The van der Waals surface area contributed by atoms with Gasteiger partial charge in [0.2, 0.25) is 0 Å². The van der Waals surface area contributed by atoms with Gasteiger partial charge in [-0.2, -0.15) is 0 Å². The summed E-state index contributed by atoms with van der Waals surface area (Å²) in [5.41, 5.74) is 5.37. The lowest BCUT2D eigenvalue weighted by Crippen LogP contribution is -1.97. The van der Waals surface area contributed by atoms with Crippen LogP contribution < -0.4 is 0 Å². The Morgan fingerprint density at radius 2 is 1.84 bits per heavy atom. The number of rotatable bonds is 5. The van der Waals surface area contributed by atoms with Crippen LogP contribution in [0.4, 0.5) is 0 Å². The van der Waals surface area contributed by atoms with Crippen molar-refractivity contribution in [2.24, 2.45) is 0 Å². The number of phenols is 1. The van der Waals surface area contributed by atoms with Gasteiger partial charge in [-0.3, -0.25) is 4.79 Å². The first-order chi connectivity index (χ1) is 8.82. The molecule has 0 unspecified atom stereocenters. The van der Waals surface area contributed by atoms with Crippen molar-refractivity contribution in [1.29, 1.82) is 0 Å². The highest BCUT2D eigenvalue weighted by molar-refractivity contribution is 5.67. The maximum Gasteiger partial charge on any atom is 0.303 e. The molecule has 104 valence electrons. The zero-order valence-corrected chi connectivity index (χ0v) is 12.1. The first kappa shape index (κ1) is 15.3. The van der Waals surface area contributed by atoms with E-state index in [1.807, 2.05) is 26.8 Å². The third-order valence-corrected chi connectivity index (χ3v) is 3.66. The Hall–Kier alpha value is -1.77. The molecule has 0 bridgehead atoms. The predicted molar refractivity (Wildman–Crippen MR) is 76.6 cm³/mol. The van der Waals surface area contributed by atoms with Crippen LogP contribution in [0, 0.1) is 20.8 Å². The summed E-state index contributed by atoms with van der Waals surface area (Å²) < 4.78 is 0. The zero-order valence-electron chi connectivity index (χ0n) is 12.1. The Labute approximate surface area is 114 Å². The Kier molecular flexibility index (Phi) is 5.16. The summed E-state index contributed by atoms with van der Waals surface area (Å²) in [6.07, 6.45) is 3.35. The van der Waals surface area contributed by atoms with Crippen molar-refractivity contribution < 1.29 is 15.0 Å². The second-order valence-electron chi connectivity index (χ2n) is 5.09. The summed E-state index contributed by atoms with van der Waals surface area (Å²) >= 11 is 0. The van der Waals surface area contributed by atoms with E-state index in [9.17, 15) is 9.90 Å². The third kappa shape index (κ3) is 4.12. The maximum atomic E-state index is 10.5. The predicted octanol–water partition coefficient (Wildman–Crippen LogP) is 3.67. The van der Waals surface area contributed by atoms with E-state index in [0.29, 0.717) is 18.6 Å². The number of benzene rings is 1. The maximum absolute atomic E-state index is 10.5. The van der Waals surface area contributed by atoms with Crippen LogP contribution in [0.5, 0.6) is 5.75 Å². The molecule has 0 atom stereocenters. The van der Waals surface area contributed by atoms with E-state index in [1.165, 1.54) is 5.56 Å². The van der Waals surface area contributed by atoms with Crippen molar-refractivity contribution in [3.63, 3.8) is 0 Å². The van der Waals surface area contributed by atoms with Crippen LogP contribution >= 0.6 is 0 Å². The fourth-order valence-electron chi connectivity index (χ4n) is 2.05. The summed E-state index contributed by atoms with van der Waals surface area (Å²) in [5.74, 6) is -0.458. The number of carbonyl (C=O) groups is 1. The topological polar surface area (TPSA) is 57.5 Å². The summed E-state index contributed by atoms with van der Waals surface area (Å²) in [7, 11) is 0. The van der Waals surface area contributed by atoms with Crippen LogP contribution in [-0.4, -0.2) is 16.2 Å². The van der Waals surface area contributed by atoms with E-state index < -0.39 is 5.97 Å². The molecule has 19 heavy (non-hydrogen) atoms. The van der Waals surface area contributed by atoms with Gasteiger partial charge in [-0.1, -0.05) is 11.6 Å².